The summed E-state index contributed by atoms with van der Waals surface area (Å²) in [6.45, 7) is 3.96. The van der Waals surface area contributed by atoms with Crippen LogP contribution in [0.3, 0.4) is 0 Å². The van der Waals surface area contributed by atoms with E-state index < -0.39 is 5.60 Å². The molecule has 0 aliphatic heterocycles. The fraction of sp³-hybridized carbons (Fsp3) is 0.786. The molecule has 0 amide bonds. The summed E-state index contributed by atoms with van der Waals surface area (Å²) in [4.78, 5) is 0. The van der Waals surface area contributed by atoms with Gasteiger partial charge in [0.1, 0.15) is 0 Å². The van der Waals surface area contributed by atoms with E-state index >= 15 is 0 Å². The van der Waals surface area contributed by atoms with Crippen molar-refractivity contribution in [3.63, 3.8) is 0 Å². The Bertz CT molecular complexity index is 422. The van der Waals surface area contributed by atoms with Gasteiger partial charge in [-0.3, -0.25) is 4.68 Å². The van der Waals surface area contributed by atoms with E-state index in [2.05, 4.69) is 5.10 Å². The van der Waals surface area contributed by atoms with Gasteiger partial charge in [-0.1, -0.05) is 37.8 Å². The number of nitrogens with zero attached hydrogens (tertiary/aromatic N) is 2. The van der Waals surface area contributed by atoms with Crippen molar-refractivity contribution in [1.29, 1.82) is 0 Å². The van der Waals surface area contributed by atoms with Crippen LogP contribution in [0, 0.1) is 5.92 Å². The molecule has 1 N–H and O–H groups in total. The van der Waals surface area contributed by atoms with Crippen LogP contribution in [-0.4, -0.2) is 20.5 Å². The Balaban J connectivity index is 2.09. The van der Waals surface area contributed by atoms with E-state index in [1.165, 1.54) is 19.3 Å². The van der Waals surface area contributed by atoms with Crippen LogP contribution in [0.25, 0.3) is 0 Å². The van der Waals surface area contributed by atoms with Gasteiger partial charge in [0.15, 0.2) is 0 Å². The molecule has 3 nitrogen and oxygen atoms in total. The van der Waals surface area contributed by atoms with Crippen LogP contribution in [0.4, 0.5) is 0 Å². The molecule has 1 heterocycles. The summed E-state index contributed by atoms with van der Waals surface area (Å²) in [5, 5.41) is 15.7. The standard InChI is InChI=1S/C14H23ClN2O/c1-4-11-13(15)12(17(3)16-11)9-14(2,18)8-10-6-5-7-10/h10,18H,4-9H2,1-3H3. The topological polar surface area (TPSA) is 38.0 Å². The van der Waals surface area contributed by atoms with Crippen molar-refractivity contribution < 1.29 is 5.11 Å². The van der Waals surface area contributed by atoms with E-state index in [0.717, 1.165) is 29.3 Å². The van der Waals surface area contributed by atoms with Crippen LogP contribution in [0.5, 0.6) is 0 Å². The summed E-state index contributed by atoms with van der Waals surface area (Å²) in [6.07, 6.45) is 6.12. The number of aliphatic hydroxyl groups is 1. The lowest BCUT2D eigenvalue weighted by atomic mass is 9.76. The minimum Gasteiger partial charge on any atom is -0.390 e. The van der Waals surface area contributed by atoms with Crippen molar-refractivity contribution in [2.24, 2.45) is 13.0 Å². The number of rotatable bonds is 5. The first kappa shape index (κ1) is 13.9. The molecule has 1 aromatic heterocycles. The third kappa shape index (κ3) is 2.89. The van der Waals surface area contributed by atoms with Gasteiger partial charge in [-0.25, -0.2) is 0 Å². The summed E-state index contributed by atoms with van der Waals surface area (Å²) >= 11 is 6.33. The van der Waals surface area contributed by atoms with Gasteiger partial charge in [0.2, 0.25) is 0 Å². The van der Waals surface area contributed by atoms with Gasteiger partial charge in [-0.2, -0.15) is 5.10 Å². The van der Waals surface area contributed by atoms with Gasteiger partial charge in [-0.05, 0) is 25.7 Å². The normalized spacial score (nSPS) is 19.6. The van der Waals surface area contributed by atoms with Crippen molar-refractivity contribution >= 4 is 11.6 Å². The average molecular weight is 271 g/mol. The minimum absolute atomic E-state index is 0.589. The smallest absolute Gasteiger partial charge is 0.0850 e. The highest BCUT2D eigenvalue weighted by Gasteiger charge is 2.31. The van der Waals surface area contributed by atoms with Crippen LogP contribution in [0.2, 0.25) is 5.02 Å². The Morgan fingerprint density at radius 2 is 2.17 bits per heavy atom. The van der Waals surface area contributed by atoms with Crippen molar-refractivity contribution in [3.8, 4) is 0 Å². The second-order valence-electron chi connectivity index (χ2n) is 5.86. The van der Waals surface area contributed by atoms with Crippen LogP contribution in [0.1, 0.15) is 50.9 Å². The molecule has 0 radical (unpaired) electrons. The zero-order valence-corrected chi connectivity index (χ0v) is 12.3. The summed E-state index contributed by atoms with van der Waals surface area (Å²) in [7, 11) is 1.90. The Kier molecular flexibility index (Phi) is 4.02. The Morgan fingerprint density at radius 3 is 2.61 bits per heavy atom. The van der Waals surface area contributed by atoms with E-state index in [9.17, 15) is 5.11 Å². The molecule has 1 aromatic rings. The third-order valence-corrected chi connectivity index (χ3v) is 4.44. The fourth-order valence-corrected chi connectivity index (χ4v) is 3.12. The molecule has 1 aliphatic rings. The van der Waals surface area contributed by atoms with Gasteiger partial charge < -0.3 is 5.11 Å². The molecule has 1 atom stereocenters. The number of hydrogen-bond acceptors (Lipinski definition) is 2. The SMILES string of the molecule is CCc1nn(C)c(CC(C)(O)CC2CCC2)c1Cl. The molecule has 102 valence electrons. The number of aromatic nitrogens is 2. The van der Waals surface area contributed by atoms with Gasteiger partial charge in [0.25, 0.3) is 0 Å². The van der Waals surface area contributed by atoms with Crippen LogP contribution in [0.15, 0.2) is 0 Å². The molecular weight excluding hydrogens is 248 g/mol. The van der Waals surface area contributed by atoms with Crippen LogP contribution < -0.4 is 0 Å². The summed E-state index contributed by atoms with van der Waals surface area (Å²) in [5.74, 6) is 0.692. The maximum Gasteiger partial charge on any atom is 0.0850 e. The zero-order valence-electron chi connectivity index (χ0n) is 11.5. The highest BCUT2D eigenvalue weighted by Crippen LogP contribution is 2.36. The average Bonchev–Trinajstić information content (AvgIpc) is 2.51. The molecule has 1 unspecified atom stereocenters. The van der Waals surface area contributed by atoms with E-state index in [1.54, 1.807) is 0 Å². The molecule has 1 aliphatic carbocycles. The van der Waals surface area contributed by atoms with Gasteiger partial charge in [0, 0.05) is 13.5 Å². The first-order valence-electron chi connectivity index (χ1n) is 6.85. The first-order valence-corrected chi connectivity index (χ1v) is 7.23. The van der Waals surface area contributed by atoms with Crippen molar-refractivity contribution in [3.05, 3.63) is 16.4 Å². The highest BCUT2D eigenvalue weighted by atomic mass is 35.5. The van der Waals surface area contributed by atoms with Crippen molar-refractivity contribution in [1.82, 2.24) is 9.78 Å². The largest absolute Gasteiger partial charge is 0.390 e. The van der Waals surface area contributed by atoms with Crippen LogP contribution >= 0.6 is 11.6 Å². The minimum atomic E-state index is -0.673. The third-order valence-electron chi connectivity index (χ3n) is 4.00. The predicted octanol–water partition coefficient (Wildman–Crippen LogP) is 3.12. The number of aryl methyl sites for hydroxylation is 2. The second-order valence-corrected chi connectivity index (χ2v) is 6.24. The summed E-state index contributed by atoms with van der Waals surface area (Å²) in [5.41, 5.74) is 1.21. The van der Waals surface area contributed by atoms with Gasteiger partial charge in [-0.15, -0.1) is 0 Å². The molecule has 0 aromatic carbocycles. The summed E-state index contributed by atoms with van der Waals surface area (Å²) < 4.78 is 1.82. The number of hydrogen-bond donors (Lipinski definition) is 1. The zero-order chi connectivity index (χ0) is 13.3. The Labute approximate surface area is 114 Å². The Morgan fingerprint density at radius 1 is 1.50 bits per heavy atom. The van der Waals surface area contributed by atoms with E-state index in [1.807, 2.05) is 25.6 Å². The maximum atomic E-state index is 10.5. The quantitative estimate of drug-likeness (QED) is 0.893. The lowest BCUT2D eigenvalue weighted by molar-refractivity contribution is 0.0189. The maximum absolute atomic E-state index is 10.5. The van der Waals surface area contributed by atoms with Crippen molar-refractivity contribution in [2.45, 2.75) is 58.0 Å². The molecule has 0 bridgehead atoms. The molecule has 2 rings (SSSR count). The molecular formula is C14H23ClN2O. The predicted molar refractivity (Wildman–Crippen MR) is 73.9 cm³/mol. The molecule has 18 heavy (non-hydrogen) atoms. The summed E-state index contributed by atoms with van der Waals surface area (Å²) in [6, 6.07) is 0. The highest BCUT2D eigenvalue weighted by molar-refractivity contribution is 6.31. The Hall–Kier alpha value is -0.540. The van der Waals surface area contributed by atoms with Crippen molar-refractivity contribution in [2.75, 3.05) is 0 Å². The fourth-order valence-electron chi connectivity index (χ4n) is 2.76. The van der Waals surface area contributed by atoms with E-state index in [4.69, 9.17) is 11.6 Å². The van der Waals surface area contributed by atoms with Crippen LogP contribution in [-0.2, 0) is 19.9 Å². The lowest BCUT2D eigenvalue weighted by Crippen LogP contribution is -2.33. The molecule has 0 saturated heterocycles. The van der Waals surface area contributed by atoms with E-state index in [-0.39, 0.29) is 0 Å². The number of halogens is 1. The molecule has 4 heteroatoms. The molecule has 1 saturated carbocycles. The molecule has 1 fully saturated rings. The monoisotopic (exact) mass is 270 g/mol. The van der Waals surface area contributed by atoms with Gasteiger partial charge >= 0.3 is 0 Å². The first-order chi connectivity index (χ1) is 8.43. The lowest BCUT2D eigenvalue weighted by Gasteiger charge is -2.33. The van der Waals surface area contributed by atoms with Gasteiger partial charge in [0.05, 0.1) is 22.0 Å². The second kappa shape index (κ2) is 5.22. The van der Waals surface area contributed by atoms with E-state index in [0.29, 0.717) is 12.3 Å². The molecule has 0 spiro atoms.